The summed E-state index contributed by atoms with van der Waals surface area (Å²) in [6.07, 6.45) is 0.105. The number of imide groups is 1. The molecule has 0 bridgehead atoms. The zero-order valence-electron chi connectivity index (χ0n) is 9.65. The molecule has 0 radical (unpaired) electrons. The van der Waals surface area contributed by atoms with Crippen molar-refractivity contribution in [3.63, 3.8) is 0 Å². The molecule has 1 unspecified atom stereocenters. The van der Waals surface area contributed by atoms with E-state index in [4.69, 9.17) is 0 Å². The number of ether oxygens (including phenoxy) is 1. The highest BCUT2D eigenvalue weighted by molar-refractivity contribution is 6.05. The highest BCUT2D eigenvalue weighted by Gasteiger charge is 2.37. The highest BCUT2D eigenvalue weighted by Crippen LogP contribution is 2.14. The highest BCUT2D eigenvalue weighted by atomic mass is 16.5. The second-order valence-electron chi connectivity index (χ2n) is 3.97. The zero-order valence-corrected chi connectivity index (χ0v) is 9.65. The lowest BCUT2D eigenvalue weighted by molar-refractivity contribution is -0.143. The Labute approximate surface area is 93.9 Å². The Kier molecular flexibility index (Phi) is 4.00. The number of amides is 2. The minimum atomic E-state index is -0.563. The molecule has 0 saturated carbocycles. The van der Waals surface area contributed by atoms with Gasteiger partial charge >= 0.3 is 5.97 Å². The maximum absolute atomic E-state index is 11.5. The molecule has 2 amide bonds. The van der Waals surface area contributed by atoms with Crippen molar-refractivity contribution in [3.05, 3.63) is 0 Å². The van der Waals surface area contributed by atoms with E-state index in [1.165, 1.54) is 7.11 Å². The van der Waals surface area contributed by atoms with Crippen LogP contribution in [0.2, 0.25) is 0 Å². The van der Waals surface area contributed by atoms with Gasteiger partial charge in [0.25, 0.3) is 0 Å². The number of carbonyl (C=O) groups is 3. The SMILES string of the molecule is COC(=O)CN(C(C)C)C1CC(=O)NC1=O. The first-order valence-corrected chi connectivity index (χ1v) is 5.12. The van der Waals surface area contributed by atoms with Crippen molar-refractivity contribution in [2.45, 2.75) is 32.4 Å². The maximum Gasteiger partial charge on any atom is 0.319 e. The smallest absolute Gasteiger partial charge is 0.319 e. The molecule has 1 fully saturated rings. The minimum Gasteiger partial charge on any atom is -0.468 e. The predicted molar refractivity (Wildman–Crippen MR) is 55.4 cm³/mol. The van der Waals surface area contributed by atoms with Crippen LogP contribution in [0.15, 0.2) is 0 Å². The van der Waals surface area contributed by atoms with E-state index in [0.29, 0.717) is 0 Å². The summed E-state index contributed by atoms with van der Waals surface area (Å²) >= 11 is 0. The van der Waals surface area contributed by atoms with Crippen molar-refractivity contribution in [1.82, 2.24) is 10.2 Å². The first kappa shape index (κ1) is 12.6. The van der Waals surface area contributed by atoms with E-state index in [1.54, 1.807) is 4.90 Å². The van der Waals surface area contributed by atoms with Crippen molar-refractivity contribution in [2.24, 2.45) is 0 Å². The van der Waals surface area contributed by atoms with Crippen LogP contribution >= 0.6 is 0 Å². The van der Waals surface area contributed by atoms with Crippen molar-refractivity contribution >= 4 is 17.8 Å². The molecule has 90 valence electrons. The Morgan fingerprint density at radius 2 is 2.19 bits per heavy atom. The van der Waals surface area contributed by atoms with E-state index in [2.05, 4.69) is 10.1 Å². The first-order valence-electron chi connectivity index (χ1n) is 5.12. The van der Waals surface area contributed by atoms with Crippen LogP contribution in [0.3, 0.4) is 0 Å². The molecule has 1 heterocycles. The Hall–Kier alpha value is -1.43. The van der Waals surface area contributed by atoms with E-state index in [1.807, 2.05) is 13.8 Å². The lowest BCUT2D eigenvalue weighted by atomic mass is 10.1. The number of esters is 1. The van der Waals surface area contributed by atoms with Gasteiger partial charge < -0.3 is 4.74 Å². The second kappa shape index (κ2) is 5.07. The van der Waals surface area contributed by atoms with E-state index in [0.717, 1.165) is 0 Å². The predicted octanol–water partition coefficient (Wildman–Crippen LogP) is -0.715. The summed E-state index contributed by atoms with van der Waals surface area (Å²) in [7, 11) is 1.29. The van der Waals surface area contributed by atoms with Gasteiger partial charge in [-0.15, -0.1) is 0 Å². The summed E-state index contributed by atoms with van der Waals surface area (Å²) in [6.45, 7) is 3.73. The number of methoxy groups -OCH3 is 1. The molecule has 1 N–H and O–H groups in total. The molecule has 1 aliphatic rings. The molecule has 1 atom stereocenters. The zero-order chi connectivity index (χ0) is 12.3. The Balaban J connectivity index is 2.74. The number of hydrogen-bond donors (Lipinski definition) is 1. The van der Waals surface area contributed by atoms with E-state index in [9.17, 15) is 14.4 Å². The van der Waals surface area contributed by atoms with Crippen molar-refractivity contribution < 1.29 is 19.1 Å². The van der Waals surface area contributed by atoms with Gasteiger partial charge in [0.05, 0.1) is 26.1 Å². The average Bonchev–Trinajstić information content (AvgIpc) is 2.53. The fourth-order valence-corrected chi connectivity index (χ4v) is 1.67. The molecule has 0 aliphatic carbocycles. The van der Waals surface area contributed by atoms with Crippen LogP contribution < -0.4 is 5.32 Å². The molecule has 6 nitrogen and oxygen atoms in total. The number of rotatable bonds is 4. The molecule has 1 saturated heterocycles. The van der Waals surface area contributed by atoms with Crippen molar-refractivity contribution in [3.8, 4) is 0 Å². The van der Waals surface area contributed by atoms with Gasteiger partial charge in [-0.05, 0) is 13.8 Å². The first-order chi connectivity index (χ1) is 7.45. The summed E-state index contributed by atoms with van der Waals surface area (Å²) in [4.78, 5) is 35.4. The standard InChI is InChI=1S/C10H16N2O4/c1-6(2)12(5-9(14)16-3)7-4-8(13)11-10(7)15/h6-7H,4-5H2,1-3H3,(H,11,13,15). The third-order valence-electron chi connectivity index (χ3n) is 2.55. The molecule has 0 aromatic carbocycles. The topological polar surface area (TPSA) is 75.7 Å². The van der Waals surface area contributed by atoms with Gasteiger partial charge in [0.1, 0.15) is 0 Å². The van der Waals surface area contributed by atoms with Gasteiger partial charge in [-0.25, -0.2) is 0 Å². The molecule has 0 spiro atoms. The normalized spacial score (nSPS) is 20.4. The van der Waals surface area contributed by atoms with Gasteiger partial charge in [0.2, 0.25) is 11.8 Å². The Morgan fingerprint density at radius 1 is 1.56 bits per heavy atom. The molecule has 0 aromatic rings. The van der Waals surface area contributed by atoms with Crippen LogP contribution in [0.5, 0.6) is 0 Å². The van der Waals surface area contributed by atoms with Gasteiger partial charge in [-0.3, -0.25) is 24.6 Å². The molecule has 0 aromatic heterocycles. The maximum atomic E-state index is 11.5. The van der Waals surface area contributed by atoms with Crippen LogP contribution in [0.4, 0.5) is 0 Å². The summed E-state index contributed by atoms with van der Waals surface area (Å²) in [5.41, 5.74) is 0. The largest absolute Gasteiger partial charge is 0.468 e. The number of carbonyl (C=O) groups excluding carboxylic acids is 3. The molecule has 16 heavy (non-hydrogen) atoms. The van der Waals surface area contributed by atoms with Crippen molar-refractivity contribution in [1.29, 1.82) is 0 Å². The van der Waals surface area contributed by atoms with Crippen LogP contribution in [-0.2, 0) is 19.1 Å². The molecule has 6 heteroatoms. The lowest BCUT2D eigenvalue weighted by Gasteiger charge is -2.28. The molecule has 1 aliphatic heterocycles. The van der Waals surface area contributed by atoms with Crippen LogP contribution in [0.25, 0.3) is 0 Å². The fourth-order valence-electron chi connectivity index (χ4n) is 1.67. The van der Waals surface area contributed by atoms with Crippen LogP contribution in [0.1, 0.15) is 20.3 Å². The number of nitrogens with one attached hydrogen (secondary N) is 1. The van der Waals surface area contributed by atoms with Crippen LogP contribution in [-0.4, -0.2) is 48.4 Å². The van der Waals surface area contributed by atoms with E-state index in [-0.39, 0.29) is 30.8 Å². The Bertz CT molecular complexity index is 314. The average molecular weight is 228 g/mol. The monoisotopic (exact) mass is 228 g/mol. The van der Waals surface area contributed by atoms with Gasteiger partial charge in [0, 0.05) is 6.04 Å². The van der Waals surface area contributed by atoms with E-state index >= 15 is 0 Å². The number of nitrogens with zero attached hydrogens (tertiary/aromatic N) is 1. The third kappa shape index (κ3) is 2.79. The molecular formula is C10H16N2O4. The van der Waals surface area contributed by atoms with Gasteiger partial charge in [-0.2, -0.15) is 0 Å². The Morgan fingerprint density at radius 3 is 2.56 bits per heavy atom. The second-order valence-corrected chi connectivity index (χ2v) is 3.97. The molecular weight excluding hydrogens is 212 g/mol. The van der Waals surface area contributed by atoms with E-state index < -0.39 is 12.0 Å². The summed E-state index contributed by atoms with van der Waals surface area (Å²) < 4.78 is 4.56. The van der Waals surface area contributed by atoms with Gasteiger partial charge in [-0.1, -0.05) is 0 Å². The summed E-state index contributed by atoms with van der Waals surface area (Å²) in [5.74, 6) is -1.06. The summed E-state index contributed by atoms with van der Waals surface area (Å²) in [5, 5.41) is 2.22. The quantitative estimate of drug-likeness (QED) is 0.508. The molecule has 1 rings (SSSR count). The fraction of sp³-hybridized carbons (Fsp3) is 0.700. The number of hydrogen-bond acceptors (Lipinski definition) is 5. The summed E-state index contributed by atoms with van der Waals surface area (Å²) in [6, 6.07) is -0.577. The third-order valence-corrected chi connectivity index (χ3v) is 2.55. The lowest BCUT2D eigenvalue weighted by Crippen LogP contribution is -2.47. The van der Waals surface area contributed by atoms with Gasteiger partial charge in [0.15, 0.2) is 0 Å². The van der Waals surface area contributed by atoms with Crippen LogP contribution in [0, 0.1) is 0 Å². The van der Waals surface area contributed by atoms with Crippen molar-refractivity contribution in [2.75, 3.05) is 13.7 Å². The minimum absolute atomic E-state index is 0.0132.